The number of rotatable bonds is 5. The van der Waals surface area contributed by atoms with Crippen molar-refractivity contribution in [3.63, 3.8) is 0 Å². The van der Waals surface area contributed by atoms with E-state index >= 15 is 0 Å². The largest absolute Gasteiger partial charge is 0.384 e. The van der Waals surface area contributed by atoms with Gasteiger partial charge in [0.2, 0.25) is 11.8 Å². The summed E-state index contributed by atoms with van der Waals surface area (Å²) in [6, 6.07) is 3.47. The van der Waals surface area contributed by atoms with Crippen LogP contribution in [0.15, 0.2) is 12.1 Å². The number of hydrogen-bond donors (Lipinski definition) is 4. The molecule has 0 atom stereocenters. The van der Waals surface area contributed by atoms with Crippen molar-refractivity contribution >= 4 is 17.6 Å². The van der Waals surface area contributed by atoms with Crippen molar-refractivity contribution < 1.29 is 9.59 Å². The molecule has 0 saturated carbocycles. The van der Waals surface area contributed by atoms with Crippen LogP contribution in [0.5, 0.6) is 0 Å². The molecule has 7 heteroatoms. The van der Waals surface area contributed by atoms with E-state index in [-0.39, 0.29) is 24.9 Å². The maximum Gasteiger partial charge on any atom is 0.239 e. The van der Waals surface area contributed by atoms with Gasteiger partial charge in [0, 0.05) is 12.2 Å². The zero-order chi connectivity index (χ0) is 13.5. The third kappa shape index (κ3) is 4.38. The number of carbonyl (C=O) groups excluding carboxylic acids is 2. The normalized spacial score (nSPS) is 9.89. The Morgan fingerprint density at radius 1 is 1.28 bits per heavy atom. The van der Waals surface area contributed by atoms with E-state index in [0.717, 1.165) is 11.3 Å². The van der Waals surface area contributed by atoms with Gasteiger partial charge in [-0.15, -0.1) is 0 Å². The Morgan fingerprint density at radius 3 is 2.61 bits per heavy atom. The average molecular weight is 251 g/mol. The molecule has 0 radical (unpaired) electrons. The van der Waals surface area contributed by atoms with Crippen LogP contribution >= 0.6 is 0 Å². The molecular formula is C11H17N5O2. The Balaban J connectivity index is 2.40. The fourth-order valence-corrected chi connectivity index (χ4v) is 1.30. The van der Waals surface area contributed by atoms with Gasteiger partial charge in [-0.1, -0.05) is 6.07 Å². The predicted molar refractivity (Wildman–Crippen MR) is 67.3 cm³/mol. The summed E-state index contributed by atoms with van der Waals surface area (Å²) in [5.41, 5.74) is 12.3. The fraction of sp³-hybridized carbons (Fsp3) is 0.364. The van der Waals surface area contributed by atoms with Crippen LogP contribution in [0.2, 0.25) is 0 Å². The first-order valence-corrected chi connectivity index (χ1v) is 5.48. The maximum absolute atomic E-state index is 11.4. The van der Waals surface area contributed by atoms with Crippen LogP contribution in [-0.2, 0) is 16.1 Å². The average Bonchev–Trinajstić information content (AvgIpc) is 2.34. The van der Waals surface area contributed by atoms with Crippen LogP contribution in [-0.4, -0.2) is 29.9 Å². The van der Waals surface area contributed by atoms with Crippen molar-refractivity contribution in [3.05, 3.63) is 23.4 Å². The molecule has 0 aromatic carbocycles. The highest BCUT2D eigenvalue weighted by Gasteiger charge is 2.05. The van der Waals surface area contributed by atoms with Crippen LogP contribution < -0.4 is 22.1 Å². The number of carbonyl (C=O) groups is 2. The Hall–Kier alpha value is -2.15. The van der Waals surface area contributed by atoms with Crippen molar-refractivity contribution in [3.8, 4) is 0 Å². The van der Waals surface area contributed by atoms with E-state index in [4.69, 9.17) is 11.5 Å². The third-order valence-electron chi connectivity index (χ3n) is 2.32. The summed E-state index contributed by atoms with van der Waals surface area (Å²) in [7, 11) is 0. The first-order chi connectivity index (χ1) is 8.52. The summed E-state index contributed by atoms with van der Waals surface area (Å²) >= 11 is 0. The molecule has 0 aliphatic carbocycles. The molecule has 0 fully saturated rings. The third-order valence-corrected chi connectivity index (χ3v) is 2.32. The Kier molecular flexibility index (Phi) is 5.06. The van der Waals surface area contributed by atoms with E-state index in [1.165, 1.54) is 0 Å². The number of aryl methyl sites for hydroxylation is 1. The predicted octanol–water partition coefficient (Wildman–Crippen LogP) is -1.34. The van der Waals surface area contributed by atoms with E-state index in [1.807, 2.05) is 6.92 Å². The van der Waals surface area contributed by atoms with Crippen LogP contribution in [0, 0.1) is 6.92 Å². The molecule has 1 rings (SSSR count). The second-order valence-corrected chi connectivity index (χ2v) is 3.74. The monoisotopic (exact) mass is 251 g/mol. The molecule has 18 heavy (non-hydrogen) atoms. The number of hydrogen-bond acceptors (Lipinski definition) is 5. The van der Waals surface area contributed by atoms with Gasteiger partial charge < -0.3 is 22.1 Å². The van der Waals surface area contributed by atoms with Gasteiger partial charge in [-0.05, 0) is 18.6 Å². The van der Waals surface area contributed by atoms with Gasteiger partial charge in [0.25, 0.3) is 0 Å². The van der Waals surface area contributed by atoms with Crippen molar-refractivity contribution in [1.82, 2.24) is 15.6 Å². The summed E-state index contributed by atoms with van der Waals surface area (Å²) in [6.07, 6.45) is 0. The molecule has 0 spiro atoms. The first-order valence-electron chi connectivity index (χ1n) is 5.48. The van der Waals surface area contributed by atoms with E-state index in [0.29, 0.717) is 12.4 Å². The summed E-state index contributed by atoms with van der Waals surface area (Å²) in [5.74, 6) is -0.207. The fourth-order valence-electron chi connectivity index (χ4n) is 1.30. The van der Waals surface area contributed by atoms with Gasteiger partial charge in [0.1, 0.15) is 5.82 Å². The minimum atomic E-state index is -0.365. The molecule has 0 saturated heterocycles. The SMILES string of the molecule is Cc1nc(N)ccc1CNC(=O)CNC(=O)CN. The number of pyridine rings is 1. The summed E-state index contributed by atoms with van der Waals surface area (Å²) < 4.78 is 0. The van der Waals surface area contributed by atoms with Gasteiger partial charge in [-0.25, -0.2) is 4.98 Å². The molecule has 7 nitrogen and oxygen atoms in total. The minimum absolute atomic E-state index is 0.0858. The number of amides is 2. The topological polar surface area (TPSA) is 123 Å². The maximum atomic E-state index is 11.4. The van der Waals surface area contributed by atoms with E-state index in [2.05, 4.69) is 15.6 Å². The van der Waals surface area contributed by atoms with Crippen molar-refractivity contribution in [1.29, 1.82) is 0 Å². The highest BCUT2D eigenvalue weighted by Crippen LogP contribution is 2.07. The van der Waals surface area contributed by atoms with Gasteiger partial charge in [0.05, 0.1) is 13.1 Å². The van der Waals surface area contributed by atoms with Gasteiger partial charge >= 0.3 is 0 Å². The number of nitrogens with one attached hydrogen (secondary N) is 2. The van der Waals surface area contributed by atoms with Gasteiger partial charge in [0.15, 0.2) is 0 Å². The Bertz CT molecular complexity index is 447. The number of nitrogens with two attached hydrogens (primary N) is 2. The molecule has 98 valence electrons. The lowest BCUT2D eigenvalue weighted by Crippen LogP contribution is -2.39. The van der Waals surface area contributed by atoms with Crippen LogP contribution in [0.4, 0.5) is 5.82 Å². The standard InChI is InChI=1S/C11H17N5O2/c1-7-8(2-3-9(13)16-7)5-14-11(18)6-15-10(17)4-12/h2-3H,4-6,12H2,1H3,(H2,13,16)(H,14,18)(H,15,17). The van der Waals surface area contributed by atoms with Crippen LogP contribution in [0.25, 0.3) is 0 Å². The summed E-state index contributed by atoms with van der Waals surface area (Å²) in [5, 5.41) is 5.04. The lowest BCUT2D eigenvalue weighted by atomic mass is 10.2. The minimum Gasteiger partial charge on any atom is -0.384 e. The van der Waals surface area contributed by atoms with Crippen molar-refractivity contribution in [2.24, 2.45) is 5.73 Å². The quantitative estimate of drug-likeness (QED) is 0.516. The van der Waals surface area contributed by atoms with Crippen LogP contribution in [0.1, 0.15) is 11.3 Å². The number of nitrogen functional groups attached to an aromatic ring is 1. The zero-order valence-electron chi connectivity index (χ0n) is 10.2. The van der Waals surface area contributed by atoms with Gasteiger partial charge in [-0.2, -0.15) is 0 Å². The lowest BCUT2D eigenvalue weighted by molar-refractivity contribution is -0.125. The molecule has 0 unspecified atom stereocenters. The van der Waals surface area contributed by atoms with Crippen LogP contribution in [0.3, 0.4) is 0 Å². The van der Waals surface area contributed by atoms with E-state index in [1.54, 1.807) is 12.1 Å². The molecule has 0 bridgehead atoms. The highest BCUT2D eigenvalue weighted by molar-refractivity contribution is 5.85. The molecule has 1 aromatic rings. The Labute approximate surface area is 105 Å². The number of nitrogens with zero attached hydrogens (tertiary/aromatic N) is 1. The smallest absolute Gasteiger partial charge is 0.239 e. The highest BCUT2D eigenvalue weighted by atomic mass is 16.2. The molecule has 2 amide bonds. The molecule has 1 heterocycles. The van der Waals surface area contributed by atoms with E-state index in [9.17, 15) is 9.59 Å². The number of aromatic nitrogens is 1. The summed E-state index contributed by atoms with van der Waals surface area (Å²) in [6.45, 7) is 1.94. The van der Waals surface area contributed by atoms with E-state index < -0.39 is 0 Å². The molecule has 0 aliphatic rings. The molecule has 6 N–H and O–H groups in total. The Morgan fingerprint density at radius 2 is 2.00 bits per heavy atom. The molecule has 1 aromatic heterocycles. The number of anilines is 1. The second-order valence-electron chi connectivity index (χ2n) is 3.74. The van der Waals surface area contributed by atoms with Crippen molar-refractivity contribution in [2.45, 2.75) is 13.5 Å². The van der Waals surface area contributed by atoms with Crippen molar-refractivity contribution in [2.75, 3.05) is 18.8 Å². The van der Waals surface area contributed by atoms with Gasteiger partial charge in [-0.3, -0.25) is 9.59 Å². The second kappa shape index (κ2) is 6.55. The molecule has 0 aliphatic heterocycles. The first kappa shape index (κ1) is 13.9. The lowest BCUT2D eigenvalue weighted by Gasteiger charge is -2.08. The zero-order valence-corrected chi connectivity index (χ0v) is 10.2. The molecular weight excluding hydrogens is 234 g/mol. The summed E-state index contributed by atoms with van der Waals surface area (Å²) in [4.78, 5) is 26.3.